The first kappa shape index (κ1) is 6.86. The SMILES string of the molecule is CNc1cc(C)cc(N)n1. The first-order chi connectivity index (χ1) is 4.72. The fraction of sp³-hybridized carbons (Fsp3) is 0.286. The van der Waals surface area contributed by atoms with Gasteiger partial charge >= 0.3 is 0 Å². The predicted octanol–water partition coefficient (Wildman–Crippen LogP) is 1.01. The maximum Gasteiger partial charge on any atom is 0.128 e. The van der Waals surface area contributed by atoms with Crippen molar-refractivity contribution in [1.82, 2.24) is 4.98 Å². The molecule has 3 heteroatoms. The van der Waals surface area contributed by atoms with E-state index in [4.69, 9.17) is 5.73 Å². The molecular formula is C7H11N3. The van der Waals surface area contributed by atoms with Gasteiger partial charge in [-0.3, -0.25) is 0 Å². The highest BCUT2D eigenvalue weighted by molar-refractivity contribution is 5.45. The fourth-order valence-corrected chi connectivity index (χ4v) is 0.822. The monoisotopic (exact) mass is 137 g/mol. The maximum atomic E-state index is 5.48. The zero-order valence-electron chi connectivity index (χ0n) is 6.18. The predicted molar refractivity (Wildman–Crippen MR) is 42.9 cm³/mol. The van der Waals surface area contributed by atoms with E-state index in [0.29, 0.717) is 5.82 Å². The quantitative estimate of drug-likeness (QED) is 0.607. The van der Waals surface area contributed by atoms with Crippen LogP contribution in [0, 0.1) is 6.92 Å². The number of anilines is 2. The molecule has 0 saturated heterocycles. The van der Waals surface area contributed by atoms with Gasteiger partial charge in [0, 0.05) is 7.05 Å². The van der Waals surface area contributed by atoms with Crippen LogP contribution in [0.15, 0.2) is 12.1 Å². The molecule has 3 nitrogen and oxygen atoms in total. The Balaban J connectivity index is 3.06. The molecule has 0 atom stereocenters. The Morgan fingerprint density at radius 2 is 2.20 bits per heavy atom. The first-order valence-corrected chi connectivity index (χ1v) is 3.14. The van der Waals surface area contributed by atoms with Crippen molar-refractivity contribution in [3.05, 3.63) is 17.7 Å². The number of nitrogens with one attached hydrogen (secondary N) is 1. The minimum Gasteiger partial charge on any atom is -0.384 e. The van der Waals surface area contributed by atoms with E-state index in [1.54, 1.807) is 0 Å². The molecule has 0 aliphatic rings. The van der Waals surface area contributed by atoms with E-state index in [0.717, 1.165) is 11.4 Å². The van der Waals surface area contributed by atoms with Gasteiger partial charge in [-0.25, -0.2) is 4.98 Å². The average molecular weight is 137 g/mol. The molecular weight excluding hydrogens is 126 g/mol. The second kappa shape index (κ2) is 2.56. The highest BCUT2D eigenvalue weighted by atomic mass is 15.0. The minimum absolute atomic E-state index is 0.560. The second-order valence-electron chi connectivity index (χ2n) is 2.20. The number of hydrogen-bond donors (Lipinski definition) is 2. The maximum absolute atomic E-state index is 5.48. The van der Waals surface area contributed by atoms with Gasteiger partial charge in [0.1, 0.15) is 11.6 Å². The first-order valence-electron chi connectivity index (χ1n) is 3.14. The van der Waals surface area contributed by atoms with Gasteiger partial charge in [-0.05, 0) is 24.6 Å². The highest BCUT2D eigenvalue weighted by Gasteiger charge is 1.92. The van der Waals surface area contributed by atoms with E-state index in [2.05, 4.69) is 10.3 Å². The summed E-state index contributed by atoms with van der Waals surface area (Å²) in [5.41, 5.74) is 6.61. The third-order valence-electron chi connectivity index (χ3n) is 1.25. The van der Waals surface area contributed by atoms with Gasteiger partial charge in [0.25, 0.3) is 0 Å². The molecule has 0 aliphatic carbocycles. The Hall–Kier alpha value is -1.25. The van der Waals surface area contributed by atoms with Crippen LogP contribution in [0.4, 0.5) is 11.6 Å². The number of rotatable bonds is 1. The van der Waals surface area contributed by atoms with E-state index in [1.165, 1.54) is 0 Å². The highest BCUT2D eigenvalue weighted by Crippen LogP contribution is 2.09. The largest absolute Gasteiger partial charge is 0.384 e. The van der Waals surface area contributed by atoms with Crippen molar-refractivity contribution in [2.24, 2.45) is 0 Å². The number of nitrogens with two attached hydrogens (primary N) is 1. The smallest absolute Gasteiger partial charge is 0.128 e. The average Bonchev–Trinajstić information content (AvgIpc) is 1.85. The Kier molecular flexibility index (Phi) is 1.76. The van der Waals surface area contributed by atoms with Gasteiger partial charge in [-0.1, -0.05) is 0 Å². The molecule has 1 heterocycles. The van der Waals surface area contributed by atoms with Crippen molar-refractivity contribution < 1.29 is 0 Å². The van der Waals surface area contributed by atoms with Crippen LogP contribution in [-0.4, -0.2) is 12.0 Å². The van der Waals surface area contributed by atoms with Crippen LogP contribution in [0.1, 0.15) is 5.56 Å². The summed E-state index contributed by atoms with van der Waals surface area (Å²) < 4.78 is 0. The molecule has 1 rings (SSSR count). The topological polar surface area (TPSA) is 50.9 Å². The van der Waals surface area contributed by atoms with E-state index in [1.807, 2.05) is 26.1 Å². The molecule has 1 aromatic heterocycles. The Bertz CT molecular complexity index is 212. The van der Waals surface area contributed by atoms with E-state index in [9.17, 15) is 0 Å². The molecule has 0 unspecified atom stereocenters. The number of pyridine rings is 1. The Morgan fingerprint density at radius 3 is 2.70 bits per heavy atom. The van der Waals surface area contributed by atoms with Gasteiger partial charge < -0.3 is 11.1 Å². The zero-order chi connectivity index (χ0) is 7.56. The standard InChI is InChI=1S/C7H11N3/c1-5-3-6(8)10-7(4-5)9-2/h3-4H,1-2H3,(H3,8,9,10). The molecule has 1 aromatic rings. The van der Waals surface area contributed by atoms with Crippen LogP contribution < -0.4 is 11.1 Å². The van der Waals surface area contributed by atoms with Crippen LogP contribution in [0.3, 0.4) is 0 Å². The summed E-state index contributed by atoms with van der Waals surface area (Å²) in [4.78, 5) is 4.02. The molecule has 0 aliphatic heterocycles. The summed E-state index contributed by atoms with van der Waals surface area (Å²) in [5, 5.41) is 2.92. The van der Waals surface area contributed by atoms with Crippen molar-refractivity contribution in [1.29, 1.82) is 0 Å². The van der Waals surface area contributed by atoms with E-state index in [-0.39, 0.29) is 0 Å². The lowest BCUT2D eigenvalue weighted by molar-refractivity contribution is 1.26. The fourth-order valence-electron chi connectivity index (χ4n) is 0.822. The lowest BCUT2D eigenvalue weighted by atomic mass is 10.3. The van der Waals surface area contributed by atoms with Gasteiger partial charge in [0.05, 0.1) is 0 Å². The van der Waals surface area contributed by atoms with Crippen molar-refractivity contribution in [3.8, 4) is 0 Å². The third kappa shape index (κ3) is 1.37. The number of nitrogens with zero attached hydrogens (tertiary/aromatic N) is 1. The molecule has 0 bridgehead atoms. The van der Waals surface area contributed by atoms with E-state index >= 15 is 0 Å². The molecule has 3 N–H and O–H groups in total. The molecule has 54 valence electrons. The zero-order valence-corrected chi connectivity index (χ0v) is 6.18. The summed E-state index contributed by atoms with van der Waals surface area (Å²) in [7, 11) is 1.82. The van der Waals surface area contributed by atoms with Crippen LogP contribution >= 0.6 is 0 Å². The molecule has 0 amide bonds. The van der Waals surface area contributed by atoms with Gasteiger partial charge in [-0.15, -0.1) is 0 Å². The van der Waals surface area contributed by atoms with E-state index < -0.39 is 0 Å². The summed E-state index contributed by atoms with van der Waals surface area (Å²) in [6.45, 7) is 1.98. The van der Waals surface area contributed by atoms with Gasteiger partial charge in [0.15, 0.2) is 0 Å². The lowest BCUT2D eigenvalue weighted by Gasteiger charge is -2.00. The van der Waals surface area contributed by atoms with Gasteiger partial charge in [-0.2, -0.15) is 0 Å². The van der Waals surface area contributed by atoms with Crippen LogP contribution in [0.5, 0.6) is 0 Å². The molecule has 0 spiro atoms. The number of aryl methyl sites for hydroxylation is 1. The summed E-state index contributed by atoms with van der Waals surface area (Å²) in [6.07, 6.45) is 0. The molecule has 0 fully saturated rings. The molecule has 0 aromatic carbocycles. The van der Waals surface area contributed by atoms with Crippen molar-refractivity contribution in [2.45, 2.75) is 6.92 Å². The normalized spacial score (nSPS) is 9.40. The Morgan fingerprint density at radius 1 is 1.50 bits per heavy atom. The molecule has 10 heavy (non-hydrogen) atoms. The van der Waals surface area contributed by atoms with Crippen LogP contribution in [-0.2, 0) is 0 Å². The summed E-state index contributed by atoms with van der Waals surface area (Å²) >= 11 is 0. The van der Waals surface area contributed by atoms with Gasteiger partial charge in [0.2, 0.25) is 0 Å². The van der Waals surface area contributed by atoms with Crippen molar-refractivity contribution in [3.63, 3.8) is 0 Å². The minimum atomic E-state index is 0.560. The lowest BCUT2D eigenvalue weighted by Crippen LogP contribution is -1.96. The molecule has 0 radical (unpaired) electrons. The van der Waals surface area contributed by atoms with Crippen LogP contribution in [0.2, 0.25) is 0 Å². The second-order valence-corrected chi connectivity index (χ2v) is 2.20. The third-order valence-corrected chi connectivity index (χ3v) is 1.25. The number of aromatic nitrogens is 1. The number of nitrogen functional groups attached to an aromatic ring is 1. The van der Waals surface area contributed by atoms with Crippen molar-refractivity contribution >= 4 is 11.6 Å². The number of hydrogen-bond acceptors (Lipinski definition) is 3. The summed E-state index contributed by atoms with van der Waals surface area (Å²) in [5.74, 6) is 1.38. The van der Waals surface area contributed by atoms with Crippen molar-refractivity contribution in [2.75, 3.05) is 18.1 Å². The van der Waals surface area contributed by atoms with Crippen LogP contribution in [0.25, 0.3) is 0 Å². The Labute approximate surface area is 60.3 Å². The molecule has 0 saturated carbocycles. The summed E-state index contributed by atoms with van der Waals surface area (Å²) in [6, 6.07) is 3.78.